The van der Waals surface area contributed by atoms with Gasteiger partial charge in [0.05, 0.1) is 12.8 Å². The Bertz CT molecular complexity index is 834. The zero-order chi connectivity index (χ0) is 17.2. The van der Waals surface area contributed by atoms with Crippen molar-refractivity contribution in [2.75, 3.05) is 19.3 Å². The Hall–Kier alpha value is -2.18. The van der Waals surface area contributed by atoms with Gasteiger partial charge in [-0.15, -0.1) is 0 Å². The van der Waals surface area contributed by atoms with Gasteiger partial charge in [0.25, 0.3) is 0 Å². The highest BCUT2D eigenvalue weighted by atomic mass is 32.2. The Morgan fingerprint density at radius 2 is 1.79 bits per heavy atom. The maximum atomic E-state index is 12.4. The summed E-state index contributed by atoms with van der Waals surface area (Å²) in [5.74, 6) is -0.116. The van der Waals surface area contributed by atoms with Crippen LogP contribution in [0.4, 0.5) is 0 Å². The summed E-state index contributed by atoms with van der Waals surface area (Å²) in [5.41, 5.74) is 3.48. The lowest BCUT2D eigenvalue weighted by atomic mass is 9.84. The summed E-state index contributed by atoms with van der Waals surface area (Å²) in [7, 11) is -3.38. The third kappa shape index (κ3) is 3.83. The van der Waals surface area contributed by atoms with Gasteiger partial charge in [-0.05, 0) is 16.7 Å². The number of rotatable bonds is 4. The van der Waals surface area contributed by atoms with Crippen molar-refractivity contribution in [1.29, 1.82) is 0 Å². The van der Waals surface area contributed by atoms with Crippen molar-refractivity contribution >= 4 is 15.9 Å². The van der Waals surface area contributed by atoms with E-state index in [1.165, 1.54) is 5.56 Å². The van der Waals surface area contributed by atoms with Gasteiger partial charge >= 0.3 is 0 Å². The number of fused-ring (bicyclic) bond motifs is 1. The minimum Gasteiger partial charge on any atom is -0.336 e. The Labute approximate surface area is 142 Å². The molecule has 2 aromatic carbocycles. The first-order chi connectivity index (χ1) is 11.4. The molecule has 126 valence electrons. The topological polar surface area (TPSA) is 66.5 Å². The van der Waals surface area contributed by atoms with Crippen LogP contribution < -0.4 is 4.72 Å². The highest BCUT2D eigenvalue weighted by Gasteiger charge is 2.28. The Morgan fingerprint density at radius 1 is 1.12 bits per heavy atom. The van der Waals surface area contributed by atoms with E-state index in [-0.39, 0.29) is 18.4 Å². The molecule has 1 heterocycles. The highest BCUT2D eigenvalue weighted by Crippen LogP contribution is 2.33. The second-order valence-corrected chi connectivity index (χ2v) is 7.86. The Morgan fingerprint density at radius 3 is 2.50 bits per heavy atom. The third-order valence-corrected chi connectivity index (χ3v) is 4.90. The van der Waals surface area contributed by atoms with Crippen LogP contribution in [-0.2, 0) is 21.4 Å². The molecule has 1 atom stereocenters. The number of sulfonamides is 1. The van der Waals surface area contributed by atoms with Gasteiger partial charge in [-0.3, -0.25) is 4.79 Å². The van der Waals surface area contributed by atoms with Gasteiger partial charge in [-0.2, -0.15) is 0 Å². The van der Waals surface area contributed by atoms with Crippen molar-refractivity contribution < 1.29 is 13.2 Å². The molecule has 0 aromatic heterocycles. The van der Waals surface area contributed by atoms with Crippen molar-refractivity contribution in [3.8, 4) is 0 Å². The molecule has 1 amide bonds. The molecule has 1 unspecified atom stereocenters. The van der Waals surface area contributed by atoms with Crippen molar-refractivity contribution in [1.82, 2.24) is 9.62 Å². The van der Waals surface area contributed by atoms with Gasteiger partial charge in [0, 0.05) is 19.0 Å². The second kappa shape index (κ2) is 6.75. The van der Waals surface area contributed by atoms with E-state index in [4.69, 9.17) is 0 Å². The molecule has 0 aliphatic carbocycles. The van der Waals surface area contributed by atoms with E-state index >= 15 is 0 Å². The van der Waals surface area contributed by atoms with E-state index in [0.717, 1.165) is 17.4 Å². The van der Waals surface area contributed by atoms with Gasteiger partial charge in [0.15, 0.2) is 0 Å². The fourth-order valence-corrected chi connectivity index (χ4v) is 3.46. The minimum absolute atomic E-state index is 0.0957. The van der Waals surface area contributed by atoms with Crippen LogP contribution in [0.1, 0.15) is 22.6 Å². The van der Waals surface area contributed by atoms with Crippen LogP contribution in [0.5, 0.6) is 0 Å². The lowest BCUT2D eigenvalue weighted by Gasteiger charge is -2.35. The summed E-state index contributed by atoms with van der Waals surface area (Å²) in [4.78, 5) is 14.2. The van der Waals surface area contributed by atoms with Crippen molar-refractivity contribution in [2.24, 2.45) is 0 Å². The van der Waals surface area contributed by atoms with E-state index in [2.05, 4.69) is 22.9 Å². The smallest absolute Gasteiger partial charge is 0.237 e. The number of amides is 1. The summed E-state index contributed by atoms with van der Waals surface area (Å²) in [5, 5.41) is 0. The van der Waals surface area contributed by atoms with Crippen LogP contribution in [0, 0.1) is 0 Å². The molecule has 6 heteroatoms. The molecule has 0 radical (unpaired) electrons. The van der Waals surface area contributed by atoms with E-state index in [1.807, 2.05) is 36.4 Å². The molecule has 0 spiro atoms. The molecule has 0 saturated carbocycles. The third-order valence-electron chi connectivity index (χ3n) is 4.23. The molecule has 1 N–H and O–H groups in total. The molecular formula is C18H20N2O3S. The lowest BCUT2D eigenvalue weighted by Crippen LogP contribution is -2.43. The van der Waals surface area contributed by atoms with E-state index in [0.29, 0.717) is 13.1 Å². The molecule has 0 fully saturated rings. The maximum absolute atomic E-state index is 12.4. The van der Waals surface area contributed by atoms with Crippen LogP contribution >= 0.6 is 0 Å². The Kier molecular flexibility index (Phi) is 4.69. The monoisotopic (exact) mass is 344 g/mol. The highest BCUT2D eigenvalue weighted by molar-refractivity contribution is 7.88. The Balaban J connectivity index is 1.87. The normalized spacial score (nSPS) is 17.4. The van der Waals surface area contributed by atoms with E-state index in [9.17, 15) is 13.2 Å². The summed E-state index contributed by atoms with van der Waals surface area (Å²) in [6, 6.07) is 18.2. The summed E-state index contributed by atoms with van der Waals surface area (Å²) in [6.45, 7) is 0.845. The van der Waals surface area contributed by atoms with E-state index in [1.54, 1.807) is 4.90 Å². The van der Waals surface area contributed by atoms with Crippen molar-refractivity contribution in [3.63, 3.8) is 0 Å². The van der Waals surface area contributed by atoms with Gasteiger partial charge in [0.1, 0.15) is 0 Å². The van der Waals surface area contributed by atoms with Crippen LogP contribution in [0.25, 0.3) is 0 Å². The first-order valence-corrected chi connectivity index (χ1v) is 9.68. The van der Waals surface area contributed by atoms with Crippen LogP contribution in [-0.4, -0.2) is 38.6 Å². The van der Waals surface area contributed by atoms with Gasteiger partial charge < -0.3 is 4.90 Å². The fourth-order valence-electron chi connectivity index (χ4n) is 3.07. The predicted molar refractivity (Wildman–Crippen MR) is 93.0 cm³/mol. The van der Waals surface area contributed by atoms with Crippen molar-refractivity contribution in [3.05, 3.63) is 71.3 Å². The maximum Gasteiger partial charge on any atom is 0.237 e. The molecule has 3 rings (SSSR count). The molecule has 5 nitrogen and oxygen atoms in total. The number of carbonyl (C=O) groups is 1. The number of hydrogen-bond acceptors (Lipinski definition) is 3. The zero-order valence-electron chi connectivity index (χ0n) is 13.5. The van der Waals surface area contributed by atoms with Gasteiger partial charge in [0.2, 0.25) is 15.9 Å². The summed E-state index contributed by atoms with van der Waals surface area (Å²) in [6.07, 6.45) is 1.05. The van der Waals surface area contributed by atoms with Crippen LogP contribution in [0.15, 0.2) is 54.6 Å². The predicted octanol–water partition coefficient (Wildman–Crippen LogP) is 1.71. The first-order valence-electron chi connectivity index (χ1n) is 7.79. The molecular weight excluding hydrogens is 324 g/mol. The number of carbonyl (C=O) groups excluding carboxylic acids is 1. The molecule has 1 aliphatic rings. The zero-order valence-corrected chi connectivity index (χ0v) is 14.3. The quantitative estimate of drug-likeness (QED) is 0.918. The summed E-state index contributed by atoms with van der Waals surface area (Å²) < 4.78 is 24.7. The molecule has 0 saturated heterocycles. The number of benzene rings is 2. The van der Waals surface area contributed by atoms with Gasteiger partial charge in [-0.25, -0.2) is 13.1 Å². The standard InChI is InChI=1S/C18H20N2O3S/c1-24(22,23)19-11-18(21)20-12-15-9-5-6-10-16(15)17(13-20)14-7-3-2-4-8-14/h2-10,17,19H,11-13H2,1H3. The molecule has 1 aliphatic heterocycles. The number of nitrogens with one attached hydrogen (secondary N) is 1. The lowest BCUT2D eigenvalue weighted by molar-refractivity contribution is -0.131. The fraction of sp³-hybridized carbons (Fsp3) is 0.278. The minimum atomic E-state index is -3.38. The largest absolute Gasteiger partial charge is 0.336 e. The average molecular weight is 344 g/mol. The molecule has 2 aromatic rings. The van der Waals surface area contributed by atoms with E-state index < -0.39 is 10.0 Å². The van der Waals surface area contributed by atoms with Crippen LogP contribution in [0.2, 0.25) is 0 Å². The van der Waals surface area contributed by atoms with Crippen molar-refractivity contribution in [2.45, 2.75) is 12.5 Å². The first kappa shape index (κ1) is 16.7. The molecule has 24 heavy (non-hydrogen) atoms. The SMILES string of the molecule is CS(=O)(=O)NCC(=O)N1Cc2ccccc2C(c2ccccc2)C1. The summed E-state index contributed by atoms with van der Waals surface area (Å²) >= 11 is 0. The average Bonchev–Trinajstić information content (AvgIpc) is 2.59. The number of hydrogen-bond donors (Lipinski definition) is 1. The molecule has 0 bridgehead atoms. The van der Waals surface area contributed by atoms with Gasteiger partial charge in [-0.1, -0.05) is 54.6 Å². The van der Waals surface area contributed by atoms with Crippen LogP contribution in [0.3, 0.4) is 0 Å². The number of nitrogens with zero attached hydrogens (tertiary/aromatic N) is 1. The second-order valence-electron chi connectivity index (χ2n) is 6.03.